The number of halogens is 2. The van der Waals surface area contributed by atoms with Gasteiger partial charge < -0.3 is 10.2 Å². The molecule has 1 aromatic rings. The van der Waals surface area contributed by atoms with E-state index in [2.05, 4.69) is 5.32 Å². The van der Waals surface area contributed by atoms with Crippen LogP contribution in [0.2, 0.25) is 0 Å². The monoisotopic (exact) mass is 328 g/mol. The summed E-state index contributed by atoms with van der Waals surface area (Å²) in [6.45, 7) is 1.52. The van der Waals surface area contributed by atoms with Gasteiger partial charge in [-0.2, -0.15) is 0 Å². The van der Waals surface area contributed by atoms with Gasteiger partial charge in [-0.3, -0.25) is 9.59 Å². The largest absolute Gasteiger partial charge is 0.339 e. The van der Waals surface area contributed by atoms with Crippen molar-refractivity contribution in [1.82, 2.24) is 4.90 Å². The topological polar surface area (TPSA) is 49.4 Å². The molecule has 21 heavy (non-hydrogen) atoms. The number of hydrogen-bond acceptors (Lipinski definition) is 2. The van der Waals surface area contributed by atoms with Crippen LogP contribution in [0, 0.1) is 0 Å². The SMILES string of the molecule is O=C(Nc1ccccc1C(=O)N1CCCCCC1)C(Cl)Cl. The molecule has 0 radical (unpaired) electrons. The van der Waals surface area contributed by atoms with Crippen molar-refractivity contribution in [3.05, 3.63) is 29.8 Å². The van der Waals surface area contributed by atoms with Gasteiger partial charge in [-0.1, -0.05) is 48.2 Å². The van der Waals surface area contributed by atoms with E-state index < -0.39 is 10.7 Å². The molecule has 1 aliphatic heterocycles. The molecule has 0 atom stereocenters. The number of carbonyl (C=O) groups is 2. The molecule has 2 rings (SSSR count). The number of nitrogens with one attached hydrogen (secondary N) is 1. The Labute approximate surface area is 134 Å². The average Bonchev–Trinajstić information content (AvgIpc) is 2.76. The Bertz CT molecular complexity index is 512. The highest BCUT2D eigenvalue weighted by atomic mass is 35.5. The van der Waals surface area contributed by atoms with Gasteiger partial charge in [-0.15, -0.1) is 0 Å². The molecule has 4 nitrogen and oxygen atoms in total. The Morgan fingerprint density at radius 1 is 1.05 bits per heavy atom. The first kappa shape index (κ1) is 16.1. The van der Waals surface area contributed by atoms with Gasteiger partial charge in [0.1, 0.15) is 0 Å². The van der Waals surface area contributed by atoms with E-state index >= 15 is 0 Å². The maximum atomic E-state index is 12.6. The molecular formula is C15H18Cl2N2O2. The molecule has 1 saturated heterocycles. The third-order valence-electron chi connectivity index (χ3n) is 3.51. The normalized spacial score (nSPS) is 15.7. The zero-order valence-corrected chi connectivity index (χ0v) is 13.2. The van der Waals surface area contributed by atoms with Crippen LogP contribution < -0.4 is 5.32 Å². The van der Waals surface area contributed by atoms with E-state index in [1.54, 1.807) is 24.3 Å². The molecule has 0 spiro atoms. The van der Waals surface area contributed by atoms with E-state index in [0.717, 1.165) is 38.8 Å². The van der Waals surface area contributed by atoms with Gasteiger partial charge in [0, 0.05) is 13.1 Å². The lowest BCUT2D eigenvalue weighted by Gasteiger charge is -2.22. The van der Waals surface area contributed by atoms with Crippen molar-refractivity contribution in [2.45, 2.75) is 30.5 Å². The van der Waals surface area contributed by atoms with Crippen molar-refractivity contribution >= 4 is 40.7 Å². The number of benzene rings is 1. The van der Waals surface area contributed by atoms with Crippen molar-refractivity contribution in [2.24, 2.45) is 0 Å². The number of likely N-dealkylation sites (tertiary alicyclic amines) is 1. The van der Waals surface area contributed by atoms with Crippen molar-refractivity contribution in [1.29, 1.82) is 0 Å². The Morgan fingerprint density at radius 2 is 1.67 bits per heavy atom. The predicted octanol–water partition coefficient (Wildman–Crippen LogP) is 3.45. The highest BCUT2D eigenvalue weighted by Gasteiger charge is 2.21. The molecule has 1 N–H and O–H groups in total. The fourth-order valence-corrected chi connectivity index (χ4v) is 2.52. The standard InChI is InChI=1S/C15H18Cl2N2O2/c16-13(17)14(20)18-12-8-4-3-7-11(12)15(21)19-9-5-1-2-6-10-19/h3-4,7-8,13H,1-2,5-6,9-10H2,(H,18,20). The molecule has 2 amide bonds. The van der Waals surface area contributed by atoms with Gasteiger partial charge in [0.05, 0.1) is 11.3 Å². The van der Waals surface area contributed by atoms with Crippen LogP contribution in [0.15, 0.2) is 24.3 Å². The average molecular weight is 329 g/mol. The fourth-order valence-electron chi connectivity index (χ4n) is 2.41. The predicted molar refractivity (Wildman–Crippen MR) is 84.9 cm³/mol. The van der Waals surface area contributed by atoms with Crippen LogP contribution in [0.25, 0.3) is 0 Å². The van der Waals surface area contributed by atoms with E-state index in [9.17, 15) is 9.59 Å². The van der Waals surface area contributed by atoms with Crippen molar-refractivity contribution < 1.29 is 9.59 Å². The molecule has 0 aliphatic carbocycles. The first-order chi connectivity index (χ1) is 10.1. The lowest BCUT2D eigenvalue weighted by Crippen LogP contribution is -2.32. The van der Waals surface area contributed by atoms with Crippen LogP contribution >= 0.6 is 23.2 Å². The maximum Gasteiger partial charge on any atom is 0.257 e. The highest BCUT2D eigenvalue weighted by Crippen LogP contribution is 2.20. The zero-order chi connectivity index (χ0) is 15.2. The molecule has 1 heterocycles. The maximum absolute atomic E-state index is 12.6. The number of rotatable bonds is 3. The van der Waals surface area contributed by atoms with E-state index in [4.69, 9.17) is 23.2 Å². The summed E-state index contributed by atoms with van der Waals surface area (Å²) in [6.07, 6.45) is 4.35. The van der Waals surface area contributed by atoms with Gasteiger partial charge >= 0.3 is 0 Å². The number of hydrogen-bond donors (Lipinski definition) is 1. The van der Waals surface area contributed by atoms with Crippen LogP contribution in [-0.4, -0.2) is 34.6 Å². The molecule has 1 aliphatic rings. The van der Waals surface area contributed by atoms with Gasteiger partial charge in [-0.25, -0.2) is 0 Å². The Morgan fingerprint density at radius 3 is 2.29 bits per heavy atom. The third-order valence-corrected chi connectivity index (χ3v) is 3.90. The summed E-state index contributed by atoms with van der Waals surface area (Å²) in [5.41, 5.74) is 0.921. The zero-order valence-electron chi connectivity index (χ0n) is 11.6. The van der Waals surface area contributed by atoms with Gasteiger partial charge in [0.15, 0.2) is 4.84 Å². The van der Waals surface area contributed by atoms with Crippen molar-refractivity contribution in [2.75, 3.05) is 18.4 Å². The summed E-state index contributed by atoms with van der Waals surface area (Å²) in [7, 11) is 0. The second-order valence-electron chi connectivity index (χ2n) is 5.04. The minimum Gasteiger partial charge on any atom is -0.339 e. The summed E-state index contributed by atoms with van der Waals surface area (Å²) >= 11 is 11.1. The van der Waals surface area contributed by atoms with Crippen LogP contribution in [0.4, 0.5) is 5.69 Å². The highest BCUT2D eigenvalue weighted by molar-refractivity contribution is 6.54. The molecule has 6 heteroatoms. The number of anilines is 1. The summed E-state index contributed by atoms with van der Waals surface area (Å²) in [6, 6.07) is 6.92. The first-order valence-electron chi connectivity index (χ1n) is 7.07. The van der Waals surface area contributed by atoms with Crippen LogP contribution in [0.5, 0.6) is 0 Å². The second-order valence-corrected chi connectivity index (χ2v) is 6.14. The van der Waals surface area contributed by atoms with Crippen LogP contribution in [0.1, 0.15) is 36.0 Å². The summed E-state index contributed by atoms with van der Waals surface area (Å²) in [4.78, 5) is 24.9. The fraction of sp³-hybridized carbons (Fsp3) is 0.467. The number of para-hydroxylation sites is 1. The van der Waals surface area contributed by atoms with Gasteiger partial charge in [0.2, 0.25) is 0 Å². The summed E-state index contributed by atoms with van der Waals surface area (Å²) in [5.74, 6) is -0.594. The van der Waals surface area contributed by atoms with Crippen LogP contribution in [0.3, 0.4) is 0 Å². The molecule has 0 unspecified atom stereocenters. The van der Waals surface area contributed by atoms with Crippen molar-refractivity contribution in [3.63, 3.8) is 0 Å². The molecule has 1 aromatic carbocycles. The smallest absolute Gasteiger partial charge is 0.257 e. The Hall–Kier alpha value is -1.26. The van der Waals surface area contributed by atoms with Crippen LogP contribution in [-0.2, 0) is 4.79 Å². The number of carbonyl (C=O) groups excluding carboxylic acids is 2. The quantitative estimate of drug-likeness (QED) is 0.864. The molecule has 0 aromatic heterocycles. The van der Waals surface area contributed by atoms with E-state index in [1.165, 1.54) is 0 Å². The molecule has 114 valence electrons. The van der Waals surface area contributed by atoms with E-state index in [1.807, 2.05) is 4.90 Å². The molecule has 1 fully saturated rings. The van der Waals surface area contributed by atoms with Gasteiger partial charge in [0.25, 0.3) is 11.8 Å². The minimum atomic E-state index is -1.16. The first-order valence-corrected chi connectivity index (χ1v) is 7.94. The van der Waals surface area contributed by atoms with Crippen molar-refractivity contribution in [3.8, 4) is 0 Å². The molecule has 0 saturated carbocycles. The van der Waals surface area contributed by atoms with E-state index in [-0.39, 0.29) is 5.91 Å². The third kappa shape index (κ3) is 4.35. The Kier molecular flexibility index (Phi) is 5.88. The number of nitrogens with zero attached hydrogens (tertiary/aromatic N) is 1. The summed E-state index contributed by atoms with van der Waals surface area (Å²) in [5, 5.41) is 2.60. The molecular weight excluding hydrogens is 311 g/mol. The summed E-state index contributed by atoms with van der Waals surface area (Å²) < 4.78 is 0. The second kappa shape index (κ2) is 7.66. The number of amides is 2. The van der Waals surface area contributed by atoms with Gasteiger partial charge in [-0.05, 0) is 25.0 Å². The molecule has 0 bridgehead atoms. The van der Waals surface area contributed by atoms with E-state index in [0.29, 0.717) is 11.3 Å². The Balaban J connectivity index is 2.18. The minimum absolute atomic E-state index is 0.0616. The lowest BCUT2D eigenvalue weighted by molar-refractivity contribution is -0.114. The number of alkyl halides is 2. The lowest BCUT2D eigenvalue weighted by atomic mass is 10.1.